The Bertz CT molecular complexity index is 659. The average molecular weight is 359 g/mol. The molecule has 114 valence electrons. The number of pyridine rings is 1. The number of nitrogens with two attached hydrogens (primary N) is 1. The maximum atomic E-state index is 12.4. The molecule has 2 unspecified atom stereocenters. The molecule has 1 fully saturated rings. The van der Waals surface area contributed by atoms with E-state index in [1.165, 1.54) is 7.11 Å². The normalized spacial score (nSPS) is 26.8. The summed E-state index contributed by atoms with van der Waals surface area (Å²) in [4.78, 5) is 34.9. The van der Waals surface area contributed by atoms with Gasteiger partial charge in [-0.1, -0.05) is 0 Å². The van der Waals surface area contributed by atoms with Crippen LogP contribution in [0.3, 0.4) is 0 Å². The highest BCUT2D eigenvalue weighted by Crippen LogP contribution is 2.50. The lowest BCUT2D eigenvalue weighted by Crippen LogP contribution is -2.61. The van der Waals surface area contributed by atoms with E-state index in [1.54, 1.807) is 10.8 Å². The van der Waals surface area contributed by atoms with Crippen molar-refractivity contribution in [2.24, 2.45) is 5.73 Å². The molecule has 3 rings (SSSR count). The first-order valence-corrected chi connectivity index (χ1v) is 7.39. The van der Waals surface area contributed by atoms with Crippen LogP contribution in [0.4, 0.5) is 0 Å². The van der Waals surface area contributed by atoms with Gasteiger partial charge in [0.15, 0.2) is 23.2 Å². The van der Waals surface area contributed by atoms with Crippen LogP contribution < -0.4 is 15.9 Å². The Morgan fingerprint density at radius 1 is 1.57 bits per heavy atom. The third-order valence-electron chi connectivity index (χ3n) is 3.94. The summed E-state index contributed by atoms with van der Waals surface area (Å²) in [5.41, 5.74) is 4.73. The number of carbonyl (C=O) groups excluding carboxylic acids is 1. The SMILES string of the molecule is COc1c2n(cc(Br)c1=O)CC(=O)C1(CCCN)OOC21. The van der Waals surface area contributed by atoms with Crippen LogP contribution in [0.5, 0.6) is 5.75 Å². The van der Waals surface area contributed by atoms with E-state index in [1.807, 2.05) is 0 Å². The molecule has 3 heterocycles. The molecule has 1 saturated heterocycles. The van der Waals surface area contributed by atoms with Crippen molar-refractivity contribution in [1.29, 1.82) is 0 Å². The molecule has 2 N–H and O–H groups in total. The predicted molar refractivity (Wildman–Crippen MR) is 75.9 cm³/mol. The number of ether oxygens (including phenoxy) is 1. The van der Waals surface area contributed by atoms with Crippen LogP contribution in [0, 0.1) is 0 Å². The number of hydrogen-bond donors (Lipinski definition) is 1. The van der Waals surface area contributed by atoms with E-state index in [0.717, 1.165) is 0 Å². The number of Topliss-reactive ketones (excluding diaryl/α,β-unsaturated/α-hetero) is 1. The number of hydrogen-bond acceptors (Lipinski definition) is 6. The second-order valence-electron chi connectivity index (χ2n) is 5.12. The molecule has 1 aromatic heterocycles. The van der Waals surface area contributed by atoms with Crippen molar-refractivity contribution < 1.29 is 19.3 Å². The van der Waals surface area contributed by atoms with E-state index < -0.39 is 11.7 Å². The Labute approximate surface area is 129 Å². The highest BCUT2D eigenvalue weighted by molar-refractivity contribution is 9.10. The third kappa shape index (κ3) is 1.97. The number of carbonyl (C=O) groups is 1. The smallest absolute Gasteiger partial charge is 0.237 e. The van der Waals surface area contributed by atoms with Crippen LogP contribution in [0.1, 0.15) is 24.6 Å². The zero-order chi connectivity index (χ0) is 15.2. The number of aromatic nitrogens is 1. The van der Waals surface area contributed by atoms with Gasteiger partial charge in [0.05, 0.1) is 18.1 Å². The lowest BCUT2D eigenvalue weighted by molar-refractivity contribution is -0.503. The third-order valence-corrected chi connectivity index (χ3v) is 4.51. The van der Waals surface area contributed by atoms with Gasteiger partial charge in [-0.2, -0.15) is 0 Å². The summed E-state index contributed by atoms with van der Waals surface area (Å²) in [5.74, 6) is 0.0830. The van der Waals surface area contributed by atoms with E-state index in [0.29, 0.717) is 29.6 Å². The van der Waals surface area contributed by atoms with Gasteiger partial charge in [0.2, 0.25) is 5.43 Å². The molecule has 0 aliphatic carbocycles. The van der Waals surface area contributed by atoms with Crippen molar-refractivity contribution in [2.45, 2.75) is 31.1 Å². The van der Waals surface area contributed by atoms with E-state index in [4.69, 9.17) is 20.2 Å². The second kappa shape index (κ2) is 5.20. The van der Waals surface area contributed by atoms with Gasteiger partial charge in [-0.3, -0.25) is 9.59 Å². The van der Waals surface area contributed by atoms with Crippen LogP contribution >= 0.6 is 15.9 Å². The summed E-state index contributed by atoms with van der Waals surface area (Å²) in [7, 11) is 1.42. The maximum Gasteiger partial charge on any atom is 0.237 e. The number of methoxy groups -OCH3 is 1. The Morgan fingerprint density at radius 2 is 2.33 bits per heavy atom. The zero-order valence-corrected chi connectivity index (χ0v) is 13.0. The van der Waals surface area contributed by atoms with Crippen molar-refractivity contribution in [2.75, 3.05) is 13.7 Å². The van der Waals surface area contributed by atoms with Crippen molar-refractivity contribution >= 4 is 21.7 Å². The van der Waals surface area contributed by atoms with Gasteiger partial charge >= 0.3 is 0 Å². The first kappa shape index (κ1) is 14.7. The summed E-state index contributed by atoms with van der Waals surface area (Å²) in [6.07, 6.45) is 2.03. The fraction of sp³-hybridized carbons (Fsp3) is 0.538. The standard InChI is InChI=1S/C13H15BrN2O5/c1-19-11-9-12-13(21-20-12,3-2-4-15)8(17)6-16(9)5-7(14)10(11)18/h5,12H,2-4,6,15H2,1H3. The van der Waals surface area contributed by atoms with Crippen molar-refractivity contribution in [3.8, 4) is 5.75 Å². The first-order valence-electron chi connectivity index (χ1n) is 6.60. The fourth-order valence-electron chi connectivity index (χ4n) is 2.85. The summed E-state index contributed by atoms with van der Waals surface area (Å²) < 4.78 is 7.23. The number of halogens is 1. The highest BCUT2D eigenvalue weighted by Gasteiger charge is 2.61. The van der Waals surface area contributed by atoms with Crippen LogP contribution in [0.15, 0.2) is 15.5 Å². The summed E-state index contributed by atoms with van der Waals surface area (Å²) in [6.45, 7) is 0.560. The van der Waals surface area contributed by atoms with Gasteiger partial charge in [-0.05, 0) is 35.3 Å². The average Bonchev–Trinajstić information content (AvgIpc) is 2.43. The van der Waals surface area contributed by atoms with Crippen LogP contribution in [0.25, 0.3) is 0 Å². The Hall–Kier alpha value is -1.22. The molecule has 0 bridgehead atoms. The molecule has 0 aromatic carbocycles. The van der Waals surface area contributed by atoms with Crippen molar-refractivity contribution in [1.82, 2.24) is 4.57 Å². The Kier molecular flexibility index (Phi) is 3.64. The quantitative estimate of drug-likeness (QED) is 0.795. The maximum absolute atomic E-state index is 12.4. The number of ketones is 1. The topological polar surface area (TPSA) is 92.8 Å². The van der Waals surface area contributed by atoms with Crippen molar-refractivity contribution in [3.05, 3.63) is 26.6 Å². The Morgan fingerprint density at radius 3 is 2.90 bits per heavy atom. The van der Waals surface area contributed by atoms with E-state index >= 15 is 0 Å². The fourth-order valence-corrected chi connectivity index (χ4v) is 3.28. The molecule has 0 radical (unpaired) electrons. The minimum atomic E-state index is -1.05. The molecular formula is C13H15BrN2O5. The van der Waals surface area contributed by atoms with E-state index in [2.05, 4.69) is 15.9 Å². The van der Waals surface area contributed by atoms with Crippen LogP contribution in [-0.4, -0.2) is 29.6 Å². The van der Waals surface area contributed by atoms with E-state index in [9.17, 15) is 9.59 Å². The molecule has 2 atom stereocenters. The highest BCUT2D eigenvalue weighted by atomic mass is 79.9. The Balaban J connectivity index is 2.13. The molecule has 0 spiro atoms. The molecular weight excluding hydrogens is 344 g/mol. The summed E-state index contributed by atoms with van der Waals surface area (Å²) in [6, 6.07) is 0. The molecule has 2 aliphatic rings. The van der Waals surface area contributed by atoms with Gasteiger partial charge in [-0.25, -0.2) is 9.78 Å². The molecule has 21 heavy (non-hydrogen) atoms. The molecule has 7 nitrogen and oxygen atoms in total. The van der Waals surface area contributed by atoms with Gasteiger partial charge < -0.3 is 15.0 Å². The van der Waals surface area contributed by atoms with E-state index in [-0.39, 0.29) is 23.5 Å². The van der Waals surface area contributed by atoms with Gasteiger partial charge in [0.25, 0.3) is 0 Å². The predicted octanol–water partition coefficient (Wildman–Crippen LogP) is 0.683. The molecule has 1 aromatic rings. The largest absolute Gasteiger partial charge is 0.491 e. The molecule has 0 amide bonds. The van der Waals surface area contributed by atoms with Gasteiger partial charge in [0.1, 0.15) is 5.69 Å². The van der Waals surface area contributed by atoms with Crippen LogP contribution in [0.2, 0.25) is 0 Å². The lowest BCUT2D eigenvalue weighted by atomic mass is 9.80. The summed E-state index contributed by atoms with van der Waals surface area (Å²) in [5, 5.41) is 0. The first-order chi connectivity index (χ1) is 10.0. The molecule has 8 heteroatoms. The van der Waals surface area contributed by atoms with Crippen LogP contribution in [-0.2, 0) is 21.1 Å². The number of nitrogens with zero attached hydrogens (tertiary/aromatic N) is 1. The minimum Gasteiger partial charge on any atom is -0.491 e. The minimum absolute atomic E-state index is 0.0858. The summed E-state index contributed by atoms with van der Waals surface area (Å²) >= 11 is 3.18. The molecule has 2 aliphatic heterocycles. The van der Waals surface area contributed by atoms with Gasteiger partial charge in [-0.15, -0.1) is 0 Å². The van der Waals surface area contributed by atoms with Gasteiger partial charge in [0, 0.05) is 6.20 Å². The zero-order valence-electron chi connectivity index (χ0n) is 11.4. The monoisotopic (exact) mass is 358 g/mol. The lowest BCUT2D eigenvalue weighted by Gasteiger charge is -2.49. The molecule has 0 saturated carbocycles. The van der Waals surface area contributed by atoms with Crippen molar-refractivity contribution in [3.63, 3.8) is 0 Å². The number of rotatable bonds is 4. The second-order valence-corrected chi connectivity index (χ2v) is 5.97. The number of fused-ring (bicyclic) bond motifs is 3.